The second-order valence-corrected chi connectivity index (χ2v) is 7.79. The maximum Gasteiger partial charge on any atom is 0.328 e. The van der Waals surface area contributed by atoms with E-state index in [2.05, 4.69) is 32.0 Å². The van der Waals surface area contributed by atoms with Crippen molar-refractivity contribution in [3.63, 3.8) is 0 Å². The molecule has 0 saturated carbocycles. The molecule has 4 rings (SSSR count). The molecule has 0 spiro atoms. The lowest BCUT2D eigenvalue weighted by molar-refractivity contribution is -0.133. The number of halogens is 3. The first-order valence-electron chi connectivity index (χ1n) is 9.57. The van der Waals surface area contributed by atoms with Crippen LogP contribution in [0.1, 0.15) is 10.5 Å². The van der Waals surface area contributed by atoms with Gasteiger partial charge in [-0.2, -0.15) is 0 Å². The van der Waals surface area contributed by atoms with Gasteiger partial charge in [0.25, 0.3) is 5.91 Å². The highest BCUT2D eigenvalue weighted by Crippen LogP contribution is 2.24. The van der Waals surface area contributed by atoms with Crippen molar-refractivity contribution in [3.05, 3.63) is 94.6 Å². The van der Waals surface area contributed by atoms with Gasteiger partial charge in [-0.1, -0.05) is 40.2 Å². The third-order valence-electron chi connectivity index (χ3n) is 4.66. The lowest BCUT2D eigenvalue weighted by Gasteiger charge is -2.13. The van der Waals surface area contributed by atoms with E-state index in [0.717, 1.165) is 15.2 Å². The van der Waals surface area contributed by atoms with Crippen molar-refractivity contribution < 1.29 is 23.2 Å². The number of fused-ring (bicyclic) bond motifs is 1. The van der Waals surface area contributed by atoms with Crippen LogP contribution < -0.4 is 16.1 Å². The van der Waals surface area contributed by atoms with E-state index in [0.29, 0.717) is 10.9 Å². The van der Waals surface area contributed by atoms with Crippen LogP contribution in [-0.2, 0) is 9.59 Å². The Morgan fingerprint density at radius 3 is 2.00 bits per heavy atom. The molecule has 0 unspecified atom stereocenters. The van der Waals surface area contributed by atoms with Crippen LogP contribution >= 0.6 is 15.9 Å². The molecule has 0 aliphatic rings. The minimum Gasteiger partial charge on any atom is -0.318 e. The highest BCUT2D eigenvalue weighted by atomic mass is 79.9. The van der Waals surface area contributed by atoms with Gasteiger partial charge in [0.05, 0.1) is 16.9 Å². The summed E-state index contributed by atoms with van der Waals surface area (Å²) in [5.41, 5.74) is 2.47. The van der Waals surface area contributed by atoms with Gasteiger partial charge in [0.2, 0.25) is 0 Å². The Morgan fingerprint density at radius 1 is 0.758 bits per heavy atom. The fraction of sp³-hybridized carbons (Fsp3) is 0. The van der Waals surface area contributed by atoms with Gasteiger partial charge in [-0.25, -0.2) is 13.5 Å². The van der Waals surface area contributed by atoms with Gasteiger partial charge >= 0.3 is 11.8 Å². The minimum absolute atomic E-state index is 0.0518. The smallest absolute Gasteiger partial charge is 0.318 e. The Bertz CT molecular complexity index is 1400. The van der Waals surface area contributed by atoms with Crippen molar-refractivity contribution in [1.29, 1.82) is 0 Å². The van der Waals surface area contributed by atoms with Crippen LogP contribution in [0.4, 0.5) is 20.2 Å². The monoisotopic (exact) mass is 512 g/mol. The summed E-state index contributed by atoms with van der Waals surface area (Å²) in [4.78, 5) is 37.8. The maximum absolute atomic E-state index is 14.0. The van der Waals surface area contributed by atoms with Crippen LogP contribution in [0.2, 0.25) is 0 Å². The largest absolute Gasteiger partial charge is 0.328 e. The number of para-hydroxylation sites is 2. The number of carbonyl (C=O) groups excluding carboxylic acids is 3. The lowest BCUT2D eigenvalue weighted by Crippen LogP contribution is -2.36. The van der Waals surface area contributed by atoms with Crippen LogP contribution in [0.15, 0.2) is 77.3 Å². The number of hydrogen-bond acceptors (Lipinski definition) is 3. The molecule has 0 radical (unpaired) electrons. The maximum atomic E-state index is 14.0. The Morgan fingerprint density at radius 2 is 1.36 bits per heavy atom. The van der Waals surface area contributed by atoms with Crippen molar-refractivity contribution in [2.24, 2.45) is 0 Å². The summed E-state index contributed by atoms with van der Waals surface area (Å²) in [7, 11) is 0. The highest BCUT2D eigenvalue weighted by molar-refractivity contribution is 9.10. The fourth-order valence-electron chi connectivity index (χ4n) is 3.12. The van der Waals surface area contributed by atoms with E-state index in [4.69, 9.17) is 0 Å². The van der Waals surface area contributed by atoms with Crippen molar-refractivity contribution in [3.8, 4) is 0 Å². The van der Waals surface area contributed by atoms with Crippen LogP contribution in [-0.4, -0.2) is 22.4 Å². The predicted octanol–water partition coefficient (Wildman–Crippen LogP) is 4.64. The average Bonchev–Trinajstić information content (AvgIpc) is 3.14. The molecule has 1 aromatic heterocycles. The number of carbonyl (C=O) groups is 3. The van der Waals surface area contributed by atoms with Crippen molar-refractivity contribution in [2.45, 2.75) is 0 Å². The second kappa shape index (κ2) is 9.21. The second-order valence-electron chi connectivity index (χ2n) is 6.88. The quantitative estimate of drug-likeness (QED) is 0.347. The first kappa shape index (κ1) is 22.2. The first-order valence-corrected chi connectivity index (χ1v) is 10.4. The first-order chi connectivity index (χ1) is 15.8. The molecule has 0 bridgehead atoms. The zero-order valence-corrected chi connectivity index (χ0v) is 18.3. The average molecular weight is 513 g/mol. The third kappa shape index (κ3) is 4.75. The number of amides is 3. The highest BCUT2D eigenvalue weighted by Gasteiger charge is 2.22. The number of anilines is 2. The molecule has 3 N–H and O–H groups in total. The summed E-state index contributed by atoms with van der Waals surface area (Å²) in [6, 6.07) is 17.5. The summed E-state index contributed by atoms with van der Waals surface area (Å²) in [5, 5.41) is 5.19. The van der Waals surface area contributed by atoms with E-state index >= 15 is 0 Å². The number of benzene rings is 3. The molecule has 4 aromatic rings. The van der Waals surface area contributed by atoms with Crippen molar-refractivity contribution >= 4 is 55.9 Å². The van der Waals surface area contributed by atoms with E-state index < -0.39 is 29.4 Å². The molecule has 10 heteroatoms. The molecular weight excluding hydrogens is 498 g/mol. The molecule has 166 valence electrons. The number of aromatic nitrogens is 1. The standard InChI is InChI=1S/C23H15BrF2N4O3/c24-14-9-10-19-13(11-14)12-20(21(31)27-17-7-3-1-5-15(17)25)30(19)29-23(33)22(32)28-18-8-4-2-6-16(18)26/h1-12H,(H,27,31)(H,28,32)(H,29,33). The van der Waals surface area contributed by atoms with Gasteiger partial charge in [-0.05, 0) is 48.5 Å². The van der Waals surface area contributed by atoms with Crippen LogP contribution in [0.25, 0.3) is 10.9 Å². The number of nitrogens with zero attached hydrogens (tertiary/aromatic N) is 1. The third-order valence-corrected chi connectivity index (χ3v) is 5.15. The van der Waals surface area contributed by atoms with Gasteiger partial charge in [0.15, 0.2) is 0 Å². The fourth-order valence-corrected chi connectivity index (χ4v) is 3.50. The van der Waals surface area contributed by atoms with E-state index in [9.17, 15) is 23.2 Å². The molecule has 0 atom stereocenters. The summed E-state index contributed by atoms with van der Waals surface area (Å²) < 4.78 is 29.6. The van der Waals surface area contributed by atoms with Gasteiger partial charge in [-0.15, -0.1) is 0 Å². The summed E-state index contributed by atoms with van der Waals surface area (Å²) in [5.74, 6) is -4.34. The van der Waals surface area contributed by atoms with E-state index in [1.54, 1.807) is 24.3 Å². The molecule has 3 aromatic carbocycles. The summed E-state index contributed by atoms with van der Waals surface area (Å²) in [6.07, 6.45) is 0. The normalized spacial score (nSPS) is 10.6. The summed E-state index contributed by atoms with van der Waals surface area (Å²) >= 11 is 3.34. The molecular formula is C23H15BrF2N4O3. The SMILES string of the molecule is O=C(Nc1ccccc1F)C(=O)Nn1c(C(=O)Nc2ccccc2F)cc2cc(Br)ccc21. The van der Waals surface area contributed by atoms with Crippen LogP contribution in [0.3, 0.4) is 0 Å². The minimum atomic E-state index is -1.14. The van der Waals surface area contributed by atoms with Crippen molar-refractivity contribution in [1.82, 2.24) is 4.68 Å². The molecule has 0 aliphatic heterocycles. The van der Waals surface area contributed by atoms with E-state index in [1.807, 2.05) is 0 Å². The molecule has 0 fully saturated rings. The lowest BCUT2D eigenvalue weighted by atomic mass is 10.2. The van der Waals surface area contributed by atoms with Gasteiger partial charge in [0, 0.05) is 9.86 Å². The zero-order chi connectivity index (χ0) is 23.5. The number of rotatable bonds is 4. The van der Waals surface area contributed by atoms with E-state index in [1.165, 1.54) is 42.5 Å². The van der Waals surface area contributed by atoms with Gasteiger partial charge in [0.1, 0.15) is 17.3 Å². The molecule has 33 heavy (non-hydrogen) atoms. The van der Waals surface area contributed by atoms with Crippen LogP contribution in [0, 0.1) is 11.6 Å². The molecule has 7 nitrogen and oxygen atoms in total. The Kier molecular flexibility index (Phi) is 6.18. The number of hydrogen-bond donors (Lipinski definition) is 3. The molecule has 0 saturated heterocycles. The molecule has 1 heterocycles. The van der Waals surface area contributed by atoms with Gasteiger partial charge in [-0.3, -0.25) is 19.8 Å². The Hall–Kier alpha value is -4.05. The molecule has 0 aliphatic carbocycles. The Labute approximate surface area is 194 Å². The number of nitrogens with one attached hydrogen (secondary N) is 3. The summed E-state index contributed by atoms with van der Waals surface area (Å²) in [6.45, 7) is 0. The zero-order valence-electron chi connectivity index (χ0n) is 16.7. The molecule has 3 amide bonds. The topological polar surface area (TPSA) is 92.2 Å². The van der Waals surface area contributed by atoms with Crippen molar-refractivity contribution in [2.75, 3.05) is 16.1 Å². The predicted molar refractivity (Wildman–Crippen MR) is 123 cm³/mol. The van der Waals surface area contributed by atoms with Crippen LogP contribution in [0.5, 0.6) is 0 Å². The van der Waals surface area contributed by atoms with E-state index in [-0.39, 0.29) is 17.1 Å². The Balaban J connectivity index is 1.65. The van der Waals surface area contributed by atoms with Gasteiger partial charge < -0.3 is 10.6 Å².